The van der Waals surface area contributed by atoms with Crippen molar-refractivity contribution in [3.63, 3.8) is 0 Å². The maximum Gasteiger partial charge on any atom is 0.254 e. The summed E-state index contributed by atoms with van der Waals surface area (Å²) >= 11 is 0. The molecule has 1 heterocycles. The van der Waals surface area contributed by atoms with Gasteiger partial charge in [0, 0.05) is 17.9 Å². The van der Waals surface area contributed by atoms with Gasteiger partial charge in [-0.2, -0.15) is 5.10 Å². The van der Waals surface area contributed by atoms with E-state index in [1.54, 1.807) is 18.3 Å². The summed E-state index contributed by atoms with van der Waals surface area (Å²) in [6, 6.07) is 6.61. The number of hydrogen-bond donors (Lipinski definition) is 2. The zero-order valence-electron chi connectivity index (χ0n) is 15.4. The number of carbonyl (C=O) groups is 1. The predicted molar refractivity (Wildman–Crippen MR) is 100.0 cm³/mol. The lowest BCUT2D eigenvalue weighted by Gasteiger charge is -2.37. The molecule has 1 aromatic heterocycles. The molecule has 3 rings (SSSR count). The molecule has 0 saturated heterocycles. The van der Waals surface area contributed by atoms with Crippen LogP contribution in [0.2, 0.25) is 0 Å². The van der Waals surface area contributed by atoms with Gasteiger partial charge >= 0.3 is 0 Å². The quantitative estimate of drug-likeness (QED) is 0.860. The van der Waals surface area contributed by atoms with Crippen LogP contribution >= 0.6 is 0 Å². The maximum absolute atomic E-state index is 13.1. The summed E-state index contributed by atoms with van der Waals surface area (Å²) in [4.78, 5) is 14.1. The van der Waals surface area contributed by atoms with Crippen LogP contribution in [0.1, 0.15) is 42.6 Å². The molecule has 1 amide bonds. The van der Waals surface area contributed by atoms with Gasteiger partial charge < -0.3 is 16.0 Å². The number of primary amides is 1. The van der Waals surface area contributed by atoms with E-state index < -0.39 is 5.91 Å². The molecule has 0 spiro atoms. The normalized spacial score (nSPS) is 23.2. The van der Waals surface area contributed by atoms with Crippen molar-refractivity contribution in [2.24, 2.45) is 11.7 Å². The van der Waals surface area contributed by atoms with E-state index in [0.29, 0.717) is 29.0 Å². The first-order chi connectivity index (χ1) is 12.3. The Morgan fingerprint density at radius 1 is 1.31 bits per heavy atom. The highest BCUT2D eigenvalue weighted by molar-refractivity contribution is 5.98. The summed E-state index contributed by atoms with van der Waals surface area (Å²) in [6.07, 6.45) is 4.98. The SMILES string of the molecule is C[C@H]1CC[C@H](N(C)C)C[C@@H]1n1cc(C(N)=O)c(Nc2ccc(F)cc2)n1. The van der Waals surface area contributed by atoms with Crippen LogP contribution in [0.3, 0.4) is 0 Å². The van der Waals surface area contributed by atoms with Crippen LogP contribution in [0.15, 0.2) is 30.5 Å². The number of nitrogens with one attached hydrogen (secondary N) is 1. The largest absolute Gasteiger partial charge is 0.365 e. The summed E-state index contributed by atoms with van der Waals surface area (Å²) in [5.74, 6) is 0.0178. The topological polar surface area (TPSA) is 76.2 Å². The standard InChI is InChI=1S/C19H26FN5O/c1-12-4-9-15(24(2)3)10-17(12)25-11-16(18(21)26)19(23-25)22-14-7-5-13(20)6-8-14/h5-8,11-12,15,17H,4,9-10H2,1-3H3,(H2,21,26)(H,22,23)/t12-,15-,17-/m0/s1. The van der Waals surface area contributed by atoms with Crippen molar-refractivity contribution in [1.82, 2.24) is 14.7 Å². The van der Waals surface area contributed by atoms with Crippen LogP contribution in [0.5, 0.6) is 0 Å². The second-order valence-corrected chi connectivity index (χ2v) is 7.34. The van der Waals surface area contributed by atoms with E-state index in [1.165, 1.54) is 12.1 Å². The molecule has 26 heavy (non-hydrogen) atoms. The number of nitrogens with zero attached hydrogens (tertiary/aromatic N) is 3. The molecule has 3 N–H and O–H groups in total. The number of rotatable bonds is 5. The van der Waals surface area contributed by atoms with E-state index in [-0.39, 0.29) is 11.9 Å². The molecule has 1 aromatic carbocycles. The number of aromatic nitrogens is 2. The maximum atomic E-state index is 13.1. The van der Waals surface area contributed by atoms with Crippen molar-refractivity contribution >= 4 is 17.4 Å². The Morgan fingerprint density at radius 2 is 2.00 bits per heavy atom. The second-order valence-electron chi connectivity index (χ2n) is 7.34. The van der Waals surface area contributed by atoms with Crippen LogP contribution in [0.25, 0.3) is 0 Å². The second kappa shape index (κ2) is 7.45. The summed E-state index contributed by atoms with van der Waals surface area (Å²) in [6.45, 7) is 2.22. The number of amides is 1. The molecule has 140 valence electrons. The molecular formula is C19H26FN5O. The van der Waals surface area contributed by atoms with E-state index in [9.17, 15) is 9.18 Å². The molecule has 3 atom stereocenters. The summed E-state index contributed by atoms with van der Waals surface area (Å²) < 4.78 is 15.0. The minimum absolute atomic E-state index is 0.206. The molecule has 1 saturated carbocycles. The molecule has 6 nitrogen and oxygen atoms in total. The number of nitrogens with two attached hydrogens (primary N) is 1. The van der Waals surface area contributed by atoms with E-state index in [0.717, 1.165) is 19.3 Å². The molecule has 1 aliphatic rings. The Hall–Kier alpha value is -2.41. The highest BCUT2D eigenvalue weighted by Gasteiger charge is 2.31. The van der Waals surface area contributed by atoms with Crippen molar-refractivity contribution in [2.45, 2.75) is 38.3 Å². The Kier molecular flexibility index (Phi) is 5.27. The number of benzene rings is 1. The number of anilines is 2. The zero-order valence-corrected chi connectivity index (χ0v) is 15.4. The van der Waals surface area contributed by atoms with Crippen molar-refractivity contribution in [1.29, 1.82) is 0 Å². The predicted octanol–water partition coefficient (Wildman–Crippen LogP) is 3.16. The molecule has 7 heteroatoms. The monoisotopic (exact) mass is 359 g/mol. The summed E-state index contributed by atoms with van der Waals surface area (Å²) in [5.41, 5.74) is 6.54. The van der Waals surface area contributed by atoms with Gasteiger partial charge in [-0.3, -0.25) is 9.48 Å². The van der Waals surface area contributed by atoms with Crippen LogP contribution in [-0.2, 0) is 0 Å². The Balaban J connectivity index is 1.88. The molecule has 1 fully saturated rings. The van der Waals surface area contributed by atoms with Gasteiger partial charge in [0.05, 0.1) is 6.04 Å². The fraction of sp³-hybridized carbons (Fsp3) is 0.474. The van der Waals surface area contributed by atoms with Crippen LogP contribution < -0.4 is 11.1 Å². The van der Waals surface area contributed by atoms with Gasteiger partial charge in [0.2, 0.25) is 0 Å². The van der Waals surface area contributed by atoms with Crippen molar-refractivity contribution in [3.05, 3.63) is 41.8 Å². The third-order valence-corrected chi connectivity index (χ3v) is 5.30. The van der Waals surface area contributed by atoms with Gasteiger partial charge in [-0.05, 0) is 63.5 Å². The number of carbonyl (C=O) groups excluding carboxylic acids is 1. The van der Waals surface area contributed by atoms with Crippen molar-refractivity contribution in [2.75, 3.05) is 19.4 Å². The number of halogens is 1. The highest BCUT2D eigenvalue weighted by Crippen LogP contribution is 2.36. The van der Waals surface area contributed by atoms with Gasteiger partial charge in [-0.15, -0.1) is 0 Å². The van der Waals surface area contributed by atoms with Crippen molar-refractivity contribution in [3.8, 4) is 0 Å². The van der Waals surface area contributed by atoms with Gasteiger partial charge in [0.25, 0.3) is 5.91 Å². The molecule has 2 aromatic rings. The van der Waals surface area contributed by atoms with Gasteiger partial charge in [0.1, 0.15) is 11.4 Å². The Bertz CT molecular complexity index is 771. The molecule has 0 bridgehead atoms. The Labute approximate surface area is 153 Å². The lowest BCUT2D eigenvalue weighted by Crippen LogP contribution is -2.37. The van der Waals surface area contributed by atoms with E-state index >= 15 is 0 Å². The van der Waals surface area contributed by atoms with E-state index in [4.69, 9.17) is 5.73 Å². The molecule has 0 aliphatic heterocycles. The zero-order chi connectivity index (χ0) is 18.8. The smallest absolute Gasteiger partial charge is 0.254 e. The molecule has 0 radical (unpaired) electrons. The molecule has 0 unspecified atom stereocenters. The van der Waals surface area contributed by atoms with E-state index in [2.05, 4.69) is 36.3 Å². The minimum atomic E-state index is -0.534. The fourth-order valence-corrected chi connectivity index (χ4v) is 3.62. The summed E-state index contributed by atoms with van der Waals surface area (Å²) in [5, 5.41) is 7.69. The average molecular weight is 359 g/mol. The van der Waals surface area contributed by atoms with Crippen molar-refractivity contribution < 1.29 is 9.18 Å². The average Bonchev–Trinajstić information content (AvgIpc) is 3.01. The molecule has 1 aliphatic carbocycles. The summed E-state index contributed by atoms with van der Waals surface area (Å²) in [7, 11) is 4.19. The van der Waals surface area contributed by atoms with Gasteiger partial charge in [0.15, 0.2) is 5.82 Å². The highest BCUT2D eigenvalue weighted by atomic mass is 19.1. The fourth-order valence-electron chi connectivity index (χ4n) is 3.62. The van der Waals surface area contributed by atoms with Gasteiger partial charge in [-0.1, -0.05) is 6.92 Å². The number of hydrogen-bond acceptors (Lipinski definition) is 4. The lowest BCUT2D eigenvalue weighted by molar-refractivity contribution is 0.1000. The first-order valence-corrected chi connectivity index (χ1v) is 8.93. The third-order valence-electron chi connectivity index (χ3n) is 5.30. The first kappa shape index (κ1) is 18.4. The van der Waals surface area contributed by atoms with E-state index in [1.807, 2.05) is 4.68 Å². The van der Waals surface area contributed by atoms with Gasteiger partial charge in [-0.25, -0.2) is 4.39 Å². The minimum Gasteiger partial charge on any atom is -0.365 e. The lowest BCUT2D eigenvalue weighted by atomic mass is 9.82. The van der Waals surface area contributed by atoms with Crippen LogP contribution in [0.4, 0.5) is 15.9 Å². The van der Waals surface area contributed by atoms with Crippen LogP contribution in [0, 0.1) is 11.7 Å². The van der Waals surface area contributed by atoms with Crippen LogP contribution in [-0.4, -0.2) is 40.7 Å². The third kappa shape index (κ3) is 3.88. The molecular weight excluding hydrogens is 333 g/mol. The Morgan fingerprint density at radius 3 is 2.62 bits per heavy atom. The first-order valence-electron chi connectivity index (χ1n) is 8.93.